The van der Waals surface area contributed by atoms with Gasteiger partial charge in [0, 0.05) is 13.5 Å². The third kappa shape index (κ3) is 1.79. The topological polar surface area (TPSA) is 69.6 Å². The van der Waals surface area contributed by atoms with Gasteiger partial charge in [0.2, 0.25) is 5.13 Å². The fraction of sp³-hybridized carbons (Fsp3) is 0.444. The van der Waals surface area contributed by atoms with E-state index < -0.39 is 6.23 Å². The molecule has 2 rings (SSSR count). The molecule has 86 valence electrons. The number of β-amino-alcohol motifs (C(OH)–C–C–N with tert-alkyl or cyclic N) is 1. The van der Waals surface area contributed by atoms with Gasteiger partial charge in [-0.1, -0.05) is 17.4 Å². The Labute approximate surface area is 96.8 Å². The first-order chi connectivity index (χ1) is 7.63. The number of amides is 2. The number of aliphatic hydroxyl groups is 1. The van der Waals surface area contributed by atoms with E-state index in [1.807, 2.05) is 0 Å². The first-order valence-electron chi connectivity index (χ1n) is 4.79. The van der Waals surface area contributed by atoms with Crippen LogP contribution < -0.4 is 4.90 Å². The Hall–Kier alpha value is -1.47. The van der Waals surface area contributed by atoms with Crippen molar-refractivity contribution in [2.75, 3.05) is 18.5 Å². The Kier molecular flexibility index (Phi) is 2.88. The number of hydrogen-bond acceptors (Lipinski definition) is 5. The van der Waals surface area contributed by atoms with E-state index in [0.717, 1.165) is 5.01 Å². The van der Waals surface area contributed by atoms with Gasteiger partial charge in [-0.2, -0.15) is 0 Å². The molecular formula is C9H12N4O2S. The van der Waals surface area contributed by atoms with Gasteiger partial charge in [0.15, 0.2) is 6.23 Å². The van der Waals surface area contributed by atoms with Gasteiger partial charge in [-0.25, -0.2) is 9.69 Å². The first kappa shape index (κ1) is 11.0. The normalized spacial score (nSPS) is 20.6. The van der Waals surface area contributed by atoms with Crippen LogP contribution in [0.5, 0.6) is 0 Å². The predicted molar refractivity (Wildman–Crippen MR) is 60.3 cm³/mol. The molecule has 1 saturated heterocycles. The molecule has 0 radical (unpaired) electrons. The van der Waals surface area contributed by atoms with Crippen LogP contribution in [0.2, 0.25) is 0 Å². The first-order valence-corrected chi connectivity index (χ1v) is 5.61. The van der Waals surface area contributed by atoms with E-state index >= 15 is 0 Å². The number of rotatable bonds is 3. The van der Waals surface area contributed by atoms with Gasteiger partial charge in [-0.3, -0.25) is 0 Å². The van der Waals surface area contributed by atoms with Crippen molar-refractivity contribution in [1.82, 2.24) is 15.1 Å². The van der Waals surface area contributed by atoms with Crippen LogP contribution in [0.3, 0.4) is 0 Å². The Morgan fingerprint density at radius 3 is 3.00 bits per heavy atom. The highest BCUT2D eigenvalue weighted by molar-refractivity contribution is 7.15. The molecule has 2 heterocycles. The van der Waals surface area contributed by atoms with E-state index in [-0.39, 0.29) is 12.6 Å². The smallest absolute Gasteiger partial charge is 0.328 e. The number of nitrogens with zero attached hydrogens (tertiary/aromatic N) is 4. The maximum atomic E-state index is 11.7. The monoisotopic (exact) mass is 240 g/mol. The summed E-state index contributed by atoms with van der Waals surface area (Å²) >= 11 is 1.29. The lowest BCUT2D eigenvalue weighted by molar-refractivity contribution is 0.183. The predicted octanol–water partition coefficient (Wildman–Crippen LogP) is 0.457. The lowest BCUT2D eigenvalue weighted by Crippen LogP contribution is -2.34. The Bertz CT molecular complexity index is 419. The van der Waals surface area contributed by atoms with Crippen molar-refractivity contribution in [2.45, 2.75) is 12.6 Å². The van der Waals surface area contributed by atoms with Gasteiger partial charge in [0.1, 0.15) is 5.01 Å². The minimum absolute atomic E-state index is 0.256. The Balaban J connectivity index is 2.22. The summed E-state index contributed by atoms with van der Waals surface area (Å²) in [4.78, 5) is 14.4. The number of allylic oxidation sites excluding steroid dienone is 1. The average Bonchev–Trinajstić information content (AvgIpc) is 2.75. The lowest BCUT2D eigenvalue weighted by Gasteiger charge is -2.14. The van der Waals surface area contributed by atoms with Crippen LogP contribution in [-0.2, 0) is 6.42 Å². The molecule has 2 amide bonds. The number of likely N-dealkylation sites (N-methyl/N-ethyl adjacent to an activating group) is 1. The molecule has 0 aromatic carbocycles. The highest BCUT2D eigenvalue weighted by Gasteiger charge is 2.36. The number of aromatic nitrogens is 2. The fourth-order valence-electron chi connectivity index (χ4n) is 1.47. The second-order valence-corrected chi connectivity index (χ2v) is 4.53. The van der Waals surface area contributed by atoms with E-state index in [1.54, 1.807) is 13.1 Å². The van der Waals surface area contributed by atoms with Gasteiger partial charge in [-0.05, 0) is 0 Å². The number of carbonyl (C=O) groups excluding carboxylic acids is 1. The van der Waals surface area contributed by atoms with Crippen LogP contribution in [0.1, 0.15) is 5.01 Å². The largest absolute Gasteiger partial charge is 0.371 e. The maximum Gasteiger partial charge on any atom is 0.328 e. The number of hydrogen-bond donors (Lipinski definition) is 1. The standard InChI is InChI=1S/C9H12N4O2S/c1-3-4-6-10-11-8(16-6)13-7(14)5-12(2)9(13)15/h3,7,14H,1,4-5H2,2H3. The summed E-state index contributed by atoms with van der Waals surface area (Å²) in [6.07, 6.45) is 1.49. The van der Waals surface area contributed by atoms with Gasteiger partial charge >= 0.3 is 6.03 Å². The number of urea groups is 1. The van der Waals surface area contributed by atoms with Crippen LogP contribution >= 0.6 is 11.3 Å². The van der Waals surface area contributed by atoms with Crippen LogP contribution in [0, 0.1) is 0 Å². The average molecular weight is 240 g/mol. The molecule has 16 heavy (non-hydrogen) atoms. The molecule has 1 aliphatic heterocycles. The minimum Gasteiger partial charge on any atom is -0.371 e. The number of aliphatic hydroxyl groups excluding tert-OH is 1. The van der Waals surface area contributed by atoms with Crippen LogP contribution in [0.25, 0.3) is 0 Å². The van der Waals surface area contributed by atoms with Crippen LogP contribution in [0.4, 0.5) is 9.93 Å². The zero-order chi connectivity index (χ0) is 11.7. The molecule has 0 saturated carbocycles. The van der Waals surface area contributed by atoms with E-state index in [2.05, 4.69) is 16.8 Å². The number of anilines is 1. The molecule has 0 spiro atoms. The van der Waals surface area contributed by atoms with Crippen molar-refractivity contribution < 1.29 is 9.90 Å². The van der Waals surface area contributed by atoms with Crippen molar-refractivity contribution in [2.24, 2.45) is 0 Å². The van der Waals surface area contributed by atoms with Gasteiger partial charge in [0.05, 0.1) is 6.54 Å². The molecule has 1 aromatic rings. The van der Waals surface area contributed by atoms with Crippen molar-refractivity contribution in [1.29, 1.82) is 0 Å². The second kappa shape index (κ2) is 4.18. The molecule has 1 fully saturated rings. The highest BCUT2D eigenvalue weighted by atomic mass is 32.1. The molecule has 1 aliphatic rings. The van der Waals surface area contributed by atoms with Gasteiger partial charge in [-0.15, -0.1) is 16.8 Å². The summed E-state index contributed by atoms with van der Waals surface area (Å²) in [5, 5.41) is 18.7. The van der Waals surface area contributed by atoms with E-state index in [0.29, 0.717) is 11.6 Å². The summed E-state index contributed by atoms with van der Waals surface area (Å²) < 4.78 is 0. The third-order valence-electron chi connectivity index (χ3n) is 2.25. The lowest BCUT2D eigenvalue weighted by atomic mass is 10.5. The van der Waals surface area contributed by atoms with Gasteiger partial charge in [0.25, 0.3) is 0 Å². The highest BCUT2D eigenvalue weighted by Crippen LogP contribution is 2.26. The van der Waals surface area contributed by atoms with E-state index in [1.165, 1.54) is 21.1 Å². The molecule has 1 aromatic heterocycles. The fourth-order valence-corrected chi connectivity index (χ4v) is 2.35. The number of carbonyl (C=O) groups is 1. The molecule has 7 heteroatoms. The van der Waals surface area contributed by atoms with Crippen molar-refractivity contribution in [3.05, 3.63) is 17.7 Å². The molecule has 0 bridgehead atoms. The van der Waals surface area contributed by atoms with Crippen molar-refractivity contribution in [3.63, 3.8) is 0 Å². The van der Waals surface area contributed by atoms with Crippen molar-refractivity contribution >= 4 is 22.5 Å². The maximum absolute atomic E-state index is 11.7. The summed E-state index contributed by atoms with van der Waals surface area (Å²) in [7, 11) is 1.64. The zero-order valence-electron chi connectivity index (χ0n) is 8.83. The molecule has 0 aliphatic carbocycles. The molecule has 1 unspecified atom stereocenters. The SMILES string of the molecule is C=CCc1nnc(N2C(=O)N(C)CC2O)s1. The Morgan fingerprint density at radius 2 is 2.44 bits per heavy atom. The second-order valence-electron chi connectivity index (χ2n) is 3.48. The molecular weight excluding hydrogens is 228 g/mol. The minimum atomic E-state index is -0.845. The summed E-state index contributed by atoms with van der Waals surface area (Å²) in [6.45, 7) is 3.89. The molecule has 1 atom stereocenters. The quantitative estimate of drug-likeness (QED) is 0.779. The van der Waals surface area contributed by atoms with Crippen LogP contribution in [0.15, 0.2) is 12.7 Å². The summed E-state index contributed by atoms with van der Waals surface area (Å²) in [6, 6.07) is -0.256. The van der Waals surface area contributed by atoms with E-state index in [9.17, 15) is 9.90 Å². The zero-order valence-corrected chi connectivity index (χ0v) is 9.65. The summed E-state index contributed by atoms with van der Waals surface area (Å²) in [5.41, 5.74) is 0. The van der Waals surface area contributed by atoms with Crippen molar-refractivity contribution in [3.8, 4) is 0 Å². The third-order valence-corrected chi connectivity index (χ3v) is 3.19. The molecule has 6 nitrogen and oxygen atoms in total. The molecule has 1 N–H and O–H groups in total. The van der Waals surface area contributed by atoms with Crippen LogP contribution in [-0.4, -0.2) is 46.1 Å². The summed E-state index contributed by atoms with van der Waals surface area (Å²) in [5.74, 6) is 0. The van der Waals surface area contributed by atoms with E-state index in [4.69, 9.17) is 0 Å². The van der Waals surface area contributed by atoms with Gasteiger partial charge < -0.3 is 10.0 Å². The Morgan fingerprint density at radius 1 is 1.69 bits per heavy atom.